The van der Waals surface area contributed by atoms with Gasteiger partial charge < -0.3 is 18.9 Å². The number of halogens is 1. The van der Waals surface area contributed by atoms with Gasteiger partial charge in [0.05, 0.1) is 18.1 Å². The number of amides is 1. The van der Waals surface area contributed by atoms with Crippen LogP contribution >= 0.6 is 11.6 Å². The molecule has 3 aromatic rings. The van der Waals surface area contributed by atoms with Crippen molar-refractivity contribution in [3.63, 3.8) is 0 Å². The van der Waals surface area contributed by atoms with Crippen molar-refractivity contribution in [2.24, 2.45) is 0 Å². The average molecular weight is 650 g/mol. The second-order valence-corrected chi connectivity index (χ2v) is 20.1. The summed E-state index contributed by atoms with van der Waals surface area (Å²) in [4.78, 5) is 40.6. The topological polar surface area (TPSA) is 89.8 Å². The lowest BCUT2D eigenvalue weighted by Crippen LogP contribution is -2.51. The lowest BCUT2D eigenvalue weighted by atomic mass is 9.91. The van der Waals surface area contributed by atoms with Crippen LogP contribution in [0, 0.1) is 6.92 Å². The van der Waals surface area contributed by atoms with Crippen molar-refractivity contribution in [3.05, 3.63) is 81.7 Å². The minimum atomic E-state index is -1.21. The van der Waals surface area contributed by atoms with E-state index >= 15 is 0 Å². The van der Waals surface area contributed by atoms with Crippen molar-refractivity contribution in [3.8, 4) is 0 Å². The minimum Gasteiger partial charge on any atom is -0.444 e. The molecule has 11 heteroatoms. The van der Waals surface area contributed by atoms with E-state index in [0.717, 1.165) is 34.1 Å². The summed E-state index contributed by atoms with van der Waals surface area (Å²) < 4.78 is 13.5. The van der Waals surface area contributed by atoms with Crippen LogP contribution in [0.3, 0.4) is 0 Å². The Hall–Kier alpha value is -3.31. The first kappa shape index (κ1) is 33.1. The quantitative estimate of drug-likeness (QED) is 0.148. The molecule has 3 heterocycles. The van der Waals surface area contributed by atoms with Crippen molar-refractivity contribution in [1.29, 1.82) is 0 Å². The molecular weight excluding hydrogens is 606 g/mol. The van der Waals surface area contributed by atoms with Gasteiger partial charge in [-0.1, -0.05) is 43.4 Å². The van der Waals surface area contributed by atoms with Gasteiger partial charge in [0, 0.05) is 63.3 Å². The lowest BCUT2D eigenvalue weighted by molar-refractivity contribution is 0.0118. The molecule has 1 saturated heterocycles. The maximum absolute atomic E-state index is 14.3. The third kappa shape index (κ3) is 7.74. The number of benzene rings is 1. The molecule has 1 atom stereocenters. The van der Waals surface area contributed by atoms with E-state index in [1.807, 2.05) is 68.7 Å². The van der Waals surface area contributed by atoms with Gasteiger partial charge in [-0.15, -0.1) is 0 Å². The molecule has 1 aliphatic carbocycles. The molecule has 45 heavy (non-hydrogen) atoms. The smallest absolute Gasteiger partial charge is 0.410 e. The number of rotatable bonds is 8. The van der Waals surface area contributed by atoms with Crippen LogP contribution in [0.5, 0.6) is 0 Å². The fourth-order valence-electron chi connectivity index (χ4n) is 5.67. The highest BCUT2D eigenvalue weighted by Gasteiger charge is 2.36. The Balaban J connectivity index is 1.45. The molecule has 2 aliphatic rings. The van der Waals surface area contributed by atoms with Gasteiger partial charge in [0.15, 0.2) is 0 Å². The highest BCUT2D eigenvalue weighted by Crippen LogP contribution is 2.41. The average Bonchev–Trinajstić information content (AvgIpc) is 3.26. The monoisotopic (exact) mass is 649 g/mol. The van der Waals surface area contributed by atoms with Crippen LogP contribution in [0.4, 0.5) is 4.79 Å². The van der Waals surface area contributed by atoms with Gasteiger partial charge in [0.2, 0.25) is 5.78 Å². The molecule has 2 aromatic heterocycles. The van der Waals surface area contributed by atoms with Crippen molar-refractivity contribution in [1.82, 2.24) is 24.3 Å². The van der Waals surface area contributed by atoms with Crippen LogP contribution in [-0.2, 0) is 16.2 Å². The number of fused-ring (bicyclic) bond motifs is 2. The summed E-state index contributed by atoms with van der Waals surface area (Å²) >= 11 is 6.58. The second-order valence-electron chi connectivity index (χ2n) is 14.0. The molecule has 0 radical (unpaired) electrons. The minimum absolute atomic E-state index is 0.179. The highest BCUT2D eigenvalue weighted by atomic mass is 35.5. The Kier molecular flexibility index (Phi) is 9.70. The SMILES string of the molecule is Cc1c(C(=O)C2=Cc3cccnc3[C@@H](N3CCN(C(=O)OC(C)(C)C)CC3)c3ccc(Cl)cc32)ncn1COCC[Si](C)(C)C. The number of hydrogen-bond acceptors (Lipinski definition) is 7. The van der Waals surface area contributed by atoms with E-state index < -0.39 is 13.7 Å². The molecule has 1 aromatic carbocycles. The van der Waals surface area contributed by atoms with Crippen molar-refractivity contribution < 1.29 is 19.1 Å². The predicted octanol–water partition coefficient (Wildman–Crippen LogP) is 6.93. The molecule has 9 nitrogen and oxygen atoms in total. The number of ketones is 1. The maximum Gasteiger partial charge on any atom is 0.410 e. The van der Waals surface area contributed by atoms with Crippen LogP contribution in [0.1, 0.15) is 65.4 Å². The number of piperazine rings is 1. The molecule has 1 fully saturated rings. The van der Waals surface area contributed by atoms with Crippen LogP contribution in [0.2, 0.25) is 30.7 Å². The summed E-state index contributed by atoms with van der Waals surface area (Å²) in [5.74, 6) is -0.179. The normalized spacial score (nSPS) is 17.3. The molecular formula is C34H44ClN5O4Si. The standard InChI is InChI=1S/C34H44ClN5O4Si/c1-23-29(37-21-40(23)22-43-17-18-45(5,6)7)32(41)28-19-24-9-8-12-36-30(24)31(26-11-10-25(35)20-27(26)28)38-13-15-39(16-14-38)33(42)44-34(2,3)4/h8-12,19-21,31H,13-18,22H2,1-7H3/t31-/m0/s1. The Morgan fingerprint density at radius 1 is 1.07 bits per heavy atom. The Bertz CT molecular complexity index is 1600. The summed E-state index contributed by atoms with van der Waals surface area (Å²) in [6.45, 7) is 17.8. The van der Waals surface area contributed by atoms with Crippen molar-refractivity contribution in [2.45, 2.75) is 71.8 Å². The molecule has 1 aliphatic heterocycles. The molecule has 240 valence electrons. The van der Waals surface area contributed by atoms with Crippen molar-refractivity contribution in [2.75, 3.05) is 32.8 Å². The Morgan fingerprint density at radius 2 is 1.80 bits per heavy atom. The van der Waals surface area contributed by atoms with Crippen LogP contribution in [0.25, 0.3) is 11.6 Å². The summed E-state index contributed by atoms with van der Waals surface area (Å²) in [6, 6.07) is 10.4. The zero-order valence-electron chi connectivity index (χ0n) is 27.4. The molecule has 0 N–H and O–H groups in total. The fourth-order valence-corrected chi connectivity index (χ4v) is 6.60. The van der Waals surface area contributed by atoms with Crippen LogP contribution < -0.4 is 0 Å². The first-order valence-electron chi connectivity index (χ1n) is 15.5. The predicted molar refractivity (Wildman–Crippen MR) is 180 cm³/mol. The van der Waals surface area contributed by atoms with Crippen LogP contribution in [-0.4, -0.2) is 82.7 Å². The van der Waals surface area contributed by atoms with Gasteiger partial charge in [-0.3, -0.25) is 14.7 Å². The number of pyridine rings is 1. The molecule has 0 spiro atoms. The molecule has 0 bridgehead atoms. The third-order valence-electron chi connectivity index (χ3n) is 8.15. The number of Topliss-reactive ketones (excluding diaryl/α,β-unsaturated/α-hetero) is 1. The van der Waals surface area contributed by atoms with Gasteiger partial charge >= 0.3 is 6.09 Å². The summed E-state index contributed by atoms with van der Waals surface area (Å²) in [5.41, 5.74) is 4.51. The van der Waals surface area contributed by atoms with E-state index in [0.29, 0.717) is 55.8 Å². The number of nitrogens with zero attached hydrogens (tertiary/aromatic N) is 5. The number of carbonyl (C=O) groups excluding carboxylic acids is 2. The largest absolute Gasteiger partial charge is 0.444 e. The molecule has 1 amide bonds. The number of ether oxygens (including phenoxy) is 2. The van der Waals surface area contributed by atoms with E-state index in [9.17, 15) is 9.59 Å². The van der Waals surface area contributed by atoms with Gasteiger partial charge in [0.1, 0.15) is 18.0 Å². The zero-order chi connectivity index (χ0) is 32.5. The number of aromatic nitrogens is 3. The first-order chi connectivity index (χ1) is 21.2. The number of hydrogen-bond donors (Lipinski definition) is 0. The third-order valence-corrected chi connectivity index (χ3v) is 10.1. The second kappa shape index (κ2) is 13.2. The molecule has 0 unspecified atom stereocenters. The summed E-state index contributed by atoms with van der Waals surface area (Å²) in [6.07, 6.45) is 5.07. The van der Waals surface area contributed by atoms with Gasteiger partial charge in [-0.2, -0.15) is 0 Å². The van der Waals surface area contributed by atoms with Gasteiger partial charge in [-0.25, -0.2) is 9.78 Å². The lowest BCUT2D eigenvalue weighted by Gasteiger charge is -2.40. The van der Waals surface area contributed by atoms with E-state index in [2.05, 4.69) is 29.5 Å². The van der Waals surface area contributed by atoms with E-state index in [-0.39, 0.29) is 17.9 Å². The summed E-state index contributed by atoms with van der Waals surface area (Å²) in [7, 11) is -1.21. The van der Waals surface area contributed by atoms with Crippen LogP contribution in [0.15, 0.2) is 42.9 Å². The Labute approximate surface area is 272 Å². The zero-order valence-corrected chi connectivity index (χ0v) is 29.1. The van der Waals surface area contributed by atoms with E-state index in [4.69, 9.17) is 26.1 Å². The Morgan fingerprint density at radius 3 is 2.49 bits per heavy atom. The van der Waals surface area contributed by atoms with E-state index in [1.165, 1.54) is 0 Å². The number of allylic oxidation sites excluding steroid dienone is 1. The fraction of sp³-hybridized carbons (Fsp3) is 0.471. The number of imidazole rings is 1. The van der Waals surface area contributed by atoms with E-state index in [1.54, 1.807) is 17.4 Å². The maximum atomic E-state index is 14.3. The number of carbonyl (C=O) groups is 2. The first-order valence-corrected chi connectivity index (χ1v) is 19.6. The molecule has 0 saturated carbocycles. The van der Waals surface area contributed by atoms with Crippen molar-refractivity contribution >= 4 is 43.2 Å². The van der Waals surface area contributed by atoms with Gasteiger partial charge in [0.25, 0.3) is 0 Å². The highest BCUT2D eigenvalue weighted by molar-refractivity contribution is 6.76. The summed E-state index contributed by atoms with van der Waals surface area (Å²) in [5, 5.41) is 0.540. The molecule has 5 rings (SSSR count). The van der Waals surface area contributed by atoms with Gasteiger partial charge in [-0.05, 0) is 74.7 Å².